The number of thioether (sulfide) groups is 1. The number of rotatable bonds is 8. The first-order chi connectivity index (χ1) is 14.8. The lowest BCUT2D eigenvalue weighted by molar-refractivity contribution is -0.139. The Bertz CT molecular complexity index is 944. The summed E-state index contributed by atoms with van der Waals surface area (Å²) in [5, 5.41) is 8.41. The van der Waals surface area contributed by atoms with Crippen molar-refractivity contribution in [1.82, 2.24) is 9.80 Å². The average Bonchev–Trinajstić information content (AvgIpc) is 3.32. The molecular formula is C20H21ClN2O7S. The number of benzene rings is 1. The van der Waals surface area contributed by atoms with Crippen LogP contribution >= 0.6 is 23.4 Å². The van der Waals surface area contributed by atoms with Gasteiger partial charge < -0.3 is 19.5 Å². The minimum Gasteiger partial charge on any atom is -0.490 e. The predicted octanol–water partition coefficient (Wildman–Crippen LogP) is 2.86. The van der Waals surface area contributed by atoms with Crippen molar-refractivity contribution >= 4 is 52.5 Å². The molecule has 2 heterocycles. The lowest BCUT2D eigenvalue weighted by Gasteiger charge is -2.18. The fourth-order valence-electron chi connectivity index (χ4n) is 3.20. The van der Waals surface area contributed by atoms with Crippen molar-refractivity contribution in [3.05, 3.63) is 27.6 Å². The molecule has 0 unspecified atom stereocenters. The number of imide groups is 1. The van der Waals surface area contributed by atoms with E-state index in [1.165, 1.54) is 18.2 Å². The number of hydrogen-bond acceptors (Lipinski definition) is 7. The monoisotopic (exact) mass is 468 g/mol. The van der Waals surface area contributed by atoms with Crippen LogP contribution in [0, 0.1) is 0 Å². The van der Waals surface area contributed by atoms with Crippen LogP contribution < -0.4 is 9.47 Å². The first-order valence-corrected chi connectivity index (χ1v) is 10.8. The number of nitrogens with zero attached hydrogens (tertiary/aromatic N) is 2. The summed E-state index contributed by atoms with van der Waals surface area (Å²) in [4.78, 5) is 50.9. The third-order valence-electron chi connectivity index (χ3n) is 4.60. The Labute approximate surface area is 187 Å². The van der Waals surface area contributed by atoms with Crippen molar-refractivity contribution in [2.24, 2.45) is 0 Å². The Morgan fingerprint density at radius 1 is 1.23 bits per heavy atom. The van der Waals surface area contributed by atoms with Gasteiger partial charge in [-0.15, -0.1) is 0 Å². The molecular weight excluding hydrogens is 448 g/mol. The van der Waals surface area contributed by atoms with Crippen LogP contribution in [-0.2, 0) is 14.4 Å². The van der Waals surface area contributed by atoms with Crippen molar-refractivity contribution in [3.8, 4) is 11.5 Å². The van der Waals surface area contributed by atoms with Gasteiger partial charge in [0.05, 0.1) is 16.5 Å². The second-order valence-corrected chi connectivity index (χ2v) is 8.20. The number of likely N-dealkylation sites (tertiary alicyclic amines) is 1. The summed E-state index contributed by atoms with van der Waals surface area (Å²) in [6.07, 6.45) is 3.31. The highest BCUT2D eigenvalue weighted by atomic mass is 35.5. The van der Waals surface area contributed by atoms with Crippen LogP contribution in [0.25, 0.3) is 6.08 Å². The molecule has 0 spiro atoms. The molecule has 0 atom stereocenters. The maximum Gasteiger partial charge on any atom is 0.341 e. The molecule has 166 valence electrons. The molecule has 2 saturated heterocycles. The SMILES string of the molecule is CCOc1cc(/C=C2/SC(=O)N(CC(=O)N3CCCC3)C2=O)cc(Cl)c1OCC(=O)O. The molecule has 2 aliphatic rings. The number of amides is 3. The molecule has 0 aliphatic carbocycles. The van der Waals surface area contributed by atoms with Crippen molar-refractivity contribution in [2.45, 2.75) is 19.8 Å². The summed E-state index contributed by atoms with van der Waals surface area (Å²) < 4.78 is 10.7. The largest absolute Gasteiger partial charge is 0.490 e. The highest BCUT2D eigenvalue weighted by molar-refractivity contribution is 8.18. The van der Waals surface area contributed by atoms with Gasteiger partial charge in [-0.2, -0.15) is 0 Å². The van der Waals surface area contributed by atoms with Gasteiger partial charge in [-0.1, -0.05) is 11.6 Å². The topological polar surface area (TPSA) is 113 Å². The van der Waals surface area contributed by atoms with Crippen LogP contribution in [0.2, 0.25) is 5.02 Å². The first kappa shape index (κ1) is 23.0. The van der Waals surface area contributed by atoms with Gasteiger partial charge in [0.15, 0.2) is 18.1 Å². The van der Waals surface area contributed by atoms with Gasteiger partial charge in [0, 0.05) is 13.1 Å². The van der Waals surface area contributed by atoms with Gasteiger partial charge in [-0.3, -0.25) is 19.3 Å². The summed E-state index contributed by atoms with van der Waals surface area (Å²) >= 11 is 6.97. The standard InChI is InChI=1S/C20H21ClN2O7S/c1-2-29-14-8-12(7-13(21)18(14)30-11-17(25)26)9-15-19(27)23(20(28)31-15)10-16(24)22-5-3-4-6-22/h7-9H,2-6,10-11H2,1H3,(H,25,26)/b15-9+. The van der Waals surface area contributed by atoms with Crippen LogP contribution in [0.1, 0.15) is 25.3 Å². The first-order valence-electron chi connectivity index (χ1n) is 9.64. The van der Waals surface area contributed by atoms with Gasteiger partial charge in [-0.05, 0) is 55.3 Å². The molecule has 1 N–H and O–H groups in total. The normalized spacial score (nSPS) is 17.5. The van der Waals surface area contributed by atoms with E-state index in [9.17, 15) is 19.2 Å². The van der Waals surface area contributed by atoms with E-state index in [1.807, 2.05) is 0 Å². The second kappa shape index (κ2) is 10.1. The number of carboxylic acids is 1. The fourth-order valence-corrected chi connectivity index (χ4v) is 4.31. The Morgan fingerprint density at radius 3 is 2.58 bits per heavy atom. The molecule has 2 aliphatic heterocycles. The fraction of sp³-hybridized carbons (Fsp3) is 0.400. The van der Waals surface area contributed by atoms with Gasteiger partial charge in [-0.25, -0.2) is 4.79 Å². The van der Waals surface area contributed by atoms with E-state index in [0.29, 0.717) is 18.7 Å². The zero-order valence-electron chi connectivity index (χ0n) is 16.8. The third-order valence-corrected chi connectivity index (χ3v) is 5.78. The summed E-state index contributed by atoms with van der Waals surface area (Å²) in [7, 11) is 0. The molecule has 1 aromatic rings. The lowest BCUT2D eigenvalue weighted by Crippen LogP contribution is -2.40. The van der Waals surface area contributed by atoms with E-state index < -0.39 is 23.7 Å². The van der Waals surface area contributed by atoms with E-state index in [1.54, 1.807) is 11.8 Å². The molecule has 0 bridgehead atoms. The maximum absolute atomic E-state index is 12.7. The highest BCUT2D eigenvalue weighted by Gasteiger charge is 2.37. The summed E-state index contributed by atoms with van der Waals surface area (Å²) in [5.74, 6) is -1.68. The molecule has 3 amide bonds. The zero-order chi connectivity index (χ0) is 22.5. The van der Waals surface area contributed by atoms with Gasteiger partial charge >= 0.3 is 5.97 Å². The number of hydrogen-bond donors (Lipinski definition) is 1. The summed E-state index contributed by atoms with van der Waals surface area (Å²) in [5.41, 5.74) is 0.465. The molecule has 0 saturated carbocycles. The van der Waals surface area contributed by atoms with Gasteiger partial charge in [0.25, 0.3) is 11.1 Å². The minimum atomic E-state index is -1.17. The predicted molar refractivity (Wildman–Crippen MR) is 114 cm³/mol. The van der Waals surface area contributed by atoms with Crippen LogP contribution in [0.4, 0.5) is 4.79 Å². The van der Waals surface area contributed by atoms with E-state index in [2.05, 4.69) is 0 Å². The lowest BCUT2D eigenvalue weighted by atomic mass is 10.1. The number of ether oxygens (including phenoxy) is 2. The van der Waals surface area contributed by atoms with Crippen LogP contribution in [0.15, 0.2) is 17.0 Å². The van der Waals surface area contributed by atoms with E-state index >= 15 is 0 Å². The van der Waals surface area contributed by atoms with Crippen molar-refractivity contribution in [3.63, 3.8) is 0 Å². The zero-order valence-corrected chi connectivity index (χ0v) is 18.3. The number of carboxylic acid groups (broad SMARTS) is 1. The number of carbonyl (C=O) groups excluding carboxylic acids is 3. The smallest absolute Gasteiger partial charge is 0.341 e. The molecule has 3 rings (SSSR count). The average molecular weight is 469 g/mol. The Morgan fingerprint density at radius 2 is 1.94 bits per heavy atom. The number of aliphatic carboxylic acids is 1. The van der Waals surface area contributed by atoms with Gasteiger partial charge in [0.1, 0.15) is 6.54 Å². The maximum atomic E-state index is 12.7. The van der Waals surface area contributed by atoms with Crippen LogP contribution in [-0.4, -0.2) is 70.8 Å². The van der Waals surface area contributed by atoms with Crippen molar-refractivity contribution in [2.75, 3.05) is 32.8 Å². The van der Waals surface area contributed by atoms with Crippen molar-refractivity contribution < 1.29 is 33.8 Å². The van der Waals surface area contributed by atoms with Crippen LogP contribution in [0.5, 0.6) is 11.5 Å². The number of carbonyl (C=O) groups is 4. The van der Waals surface area contributed by atoms with Gasteiger partial charge in [0.2, 0.25) is 5.91 Å². The Hall–Kier alpha value is -2.72. The molecule has 0 radical (unpaired) electrons. The molecule has 2 fully saturated rings. The third kappa shape index (κ3) is 5.50. The van der Waals surface area contributed by atoms with E-state index in [4.69, 9.17) is 26.2 Å². The highest BCUT2D eigenvalue weighted by Crippen LogP contribution is 2.39. The molecule has 9 nitrogen and oxygen atoms in total. The van der Waals surface area contributed by atoms with Crippen molar-refractivity contribution in [1.29, 1.82) is 0 Å². The van der Waals surface area contributed by atoms with E-state index in [0.717, 1.165) is 29.5 Å². The minimum absolute atomic E-state index is 0.0763. The summed E-state index contributed by atoms with van der Waals surface area (Å²) in [6, 6.07) is 3.01. The molecule has 31 heavy (non-hydrogen) atoms. The molecule has 1 aromatic carbocycles. The quantitative estimate of drug-likeness (QED) is 0.579. The number of halogens is 1. The molecule has 0 aromatic heterocycles. The van der Waals surface area contributed by atoms with E-state index in [-0.39, 0.29) is 40.5 Å². The second-order valence-electron chi connectivity index (χ2n) is 6.80. The summed E-state index contributed by atoms with van der Waals surface area (Å²) in [6.45, 7) is 2.42. The Balaban J connectivity index is 1.80. The van der Waals surface area contributed by atoms with Crippen LogP contribution in [0.3, 0.4) is 0 Å². The Kier molecular flexibility index (Phi) is 7.45. The molecule has 11 heteroatoms.